The van der Waals surface area contributed by atoms with E-state index in [-0.39, 0.29) is 29.0 Å². The second-order valence-corrected chi connectivity index (χ2v) is 6.11. The summed E-state index contributed by atoms with van der Waals surface area (Å²) in [5.41, 5.74) is -0.0955. The zero-order valence-electron chi connectivity index (χ0n) is 14.5. The minimum atomic E-state index is -0.807. The molecular weight excluding hydrogens is 365 g/mol. The maximum atomic E-state index is 13.8. The molecule has 1 aliphatic heterocycles. The fourth-order valence-corrected chi connectivity index (χ4v) is 3.05. The van der Waals surface area contributed by atoms with Gasteiger partial charge in [-0.1, -0.05) is 0 Å². The van der Waals surface area contributed by atoms with Crippen LogP contribution < -0.4 is 14.4 Å². The van der Waals surface area contributed by atoms with Gasteiger partial charge in [0.1, 0.15) is 17.6 Å². The predicted molar refractivity (Wildman–Crippen MR) is 91.8 cm³/mol. The zero-order chi connectivity index (χ0) is 19.6. The standard InChI is InChI=1S/C18H17F3N2O4/c1-26-18-10-15(16(23(24)25)9-14(18)21)22-6-4-12(5-7-22)27-17-3-2-11(19)8-13(17)20/h2-3,8-10,12H,4-7H2,1H3. The molecule has 0 saturated carbocycles. The summed E-state index contributed by atoms with van der Waals surface area (Å²) >= 11 is 0. The van der Waals surface area contributed by atoms with E-state index in [2.05, 4.69) is 0 Å². The van der Waals surface area contributed by atoms with Gasteiger partial charge in [0.05, 0.1) is 18.1 Å². The Hall–Kier alpha value is -2.97. The fourth-order valence-electron chi connectivity index (χ4n) is 3.05. The highest BCUT2D eigenvalue weighted by atomic mass is 19.1. The van der Waals surface area contributed by atoms with Crippen LogP contribution in [0.1, 0.15) is 12.8 Å². The molecule has 3 rings (SSSR count). The van der Waals surface area contributed by atoms with Crippen LogP contribution in [0.3, 0.4) is 0 Å². The van der Waals surface area contributed by atoms with Gasteiger partial charge in [0.15, 0.2) is 23.1 Å². The number of hydrogen-bond donors (Lipinski definition) is 0. The van der Waals surface area contributed by atoms with Gasteiger partial charge in [0, 0.05) is 38.1 Å². The molecular formula is C18H17F3N2O4. The minimum absolute atomic E-state index is 0.0377. The van der Waals surface area contributed by atoms with Gasteiger partial charge in [0.25, 0.3) is 5.69 Å². The predicted octanol–water partition coefficient (Wildman–Crippen LogP) is 4.07. The quantitative estimate of drug-likeness (QED) is 0.576. The Kier molecular flexibility index (Phi) is 5.38. The largest absolute Gasteiger partial charge is 0.494 e. The summed E-state index contributed by atoms with van der Waals surface area (Å²) in [7, 11) is 1.28. The normalized spacial score (nSPS) is 14.9. The molecule has 2 aromatic rings. The summed E-state index contributed by atoms with van der Waals surface area (Å²) in [6.45, 7) is 0.784. The molecule has 0 atom stereocenters. The van der Waals surface area contributed by atoms with E-state index in [4.69, 9.17) is 9.47 Å². The van der Waals surface area contributed by atoms with Crippen molar-refractivity contribution in [3.8, 4) is 11.5 Å². The third-order valence-electron chi connectivity index (χ3n) is 4.42. The fraction of sp³-hybridized carbons (Fsp3) is 0.333. The van der Waals surface area contributed by atoms with E-state index >= 15 is 0 Å². The van der Waals surface area contributed by atoms with Crippen LogP contribution in [0.5, 0.6) is 11.5 Å². The summed E-state index contributed by atoms with van der Waals surface area (Å²) < 4.78 is 51.0. The monoisotopic (exact) mass is 382 g/mol. The maximum absolute atomic E-state index is 13.8. The van der Waals surface area contributed by atoms with Gasteiger partial charge in [-0.2, -0.15) is 0 Å². The lowest BCUT2D eigenvalue weighted by atomic mass is 10.1. The van der Waals surface area contributed by atoms with Gasteiger partial charge in [-0.3, -0.25) is 10.1 Å². The third-order valence-corrected chi connectivity index (χ3v) is 4.42. The Morgan fingerprint density at radius 3 is 2.33 bits per heavy atom. The summed E-state index contributed by atoms with van der Waals surface area (Å²) in [6, 6.07) is 5.23. The van der Waals surface area contributed by atoms with Crippen LogP contribution in [0.25, 0.3) is 0 Å². The number of ether oxygens (including phenoxy) is 2. The minimum Gasteiger partial charge on any atom is -0.494 e. The van der Waals surface area contributed by atoms with Crippen molar-refractivity contribution in [1.29, 1.82) is 0 Å². The molecule has 0 N–H and O–H groups in total. The van der Waals surface area contributed by atoms with Crippen molar-refractivity contribution in [1.82, 2.24) is 0 Å². The summed E-state index contributed by atoms with van der Waals surface area (Å²) in [5.74, 6) is -2.40. The molecule has 1 heterocycles. The van der Waals surface area contributed by atoms with E-state index in [0.29, 0.717) is 25.9 Å². The Bertz CT molecular complexity index is 855. The van der Waals surface area contributed by atoms with Crippen molar-refractivity contribution in [3.05, 3.63) is 57.9 Å². The van der Waals surface area contributed by atoms with Crippen molar-refractivity contribution in [2.75, 3.05) is 25.1 Å². The van der Waals surface area contributed by atoms with E-state index in [1.165, 1.54) is 19.2 Å². The van der Waals surface area contributed by atoms with Gasteiger partial charge in [0.2, 0.25) is 0 Å². The summed E-state index contributed by atoms with van der Waals surface area (Å²) in [4.78, 5) is 12.4. The van der Waals surface area contributed by atoms with Gasteiger partial charge >= 0.3 is 0 Å². The first-order valence-corrected chi connectivity index (χ1v) is 8.27. The summed E-state index contributed by atoms with van der Waals surface area (Å²) in [5, 5.41) is 11.3. The van der Waals surface area contributed by atoms with Crippen LogP contribution in [0, 0.1) is 27.6 Å². The highest BCUT2D eigenvalue weighted by molar-refractivity contribution is 5.66. The number of anilines is 1. The number of halogens is 3. The van der Waals surface area contributed by atoms with Crippen molar-refractivity contribution in [2.24, 2.45) is 0 Å². The molecule has 0 spiro atoms. The number of piperidine rings is 1. The van der Waals surface area contributed by atoms with Crippen LogP contribution in [0.4, 0.5) is 24.5 Å². The Balaban J connectivity index is 1.73. The van der Waals surface area contributed by atoms with E-state index in [9.17, 15) is 23.3 Å². The molecule has 0 bridgehead atoms. The lowest BCUT2D eigenvalue weighted by Crippen LogP contribution is -2.38. The average Bonchev–Trinajstić information content (AvgIpc) is 2.64. The molecule has 144 valence electrons. The van der Waals surface area contributed by atoms with Crippen molar-refractivity contribution >= 4 is 11.4 Å². The molecule has 9 heteroatoms. The zero-order valence-corrected chi connectivity index (χ0v) is 14.5. The second kappa shape index (κ2) is 7.73. The second-order valence-electron chi connectivity index (χ2n) is 6.11. The molecule has 0 aliphatic carbocycles. The Morgan fingerprint density at radius 1 is 1.07 bits per heavy atom. The van der Waals surface area contributed by atoms with Gasteiger partial charge in [-0.05, 0) is 12.1 Å². The van der Waals surface area contributed by atoms with Gasteiger partial charge in [-0.25, -0.2) is 13.2 Å². The van der Waals surface area contributed by atoms with Gasteiger partial charge < -0.3 is 14.4 Å². The SMILES string of the molecule is COc1cc(N2CCC(Oc3ccc(F)cc3F)CC2)c([N+](=O)[O-])cc1F. The Labute approximate surface area is 153 Å². The molecule has 1 aliphatic rings. The Morgan fingerprint density at radius 2 is 1.74 bits per heavy atom. The molecule has 0 radical (unpaired) electrons. The molecule has 0 amide bonds. The van der Waals surface area contributed by atoms with Crippen LogP contribution in [-0.4, -0.2) is 31.2 Å². The highest BCUT2D eigenvalue weighted by Crippen LogP contribution is 2.36. The van der Waals surface area contributed by atoms with Crippen molar-refractivity contribution in [2.45, 2.75) is 18.9 Å². The lowest BCUT2D eigenvalue weighted by Gasteiger charge is -2.33. The summed E-state index contributed by atoms with van der Waals surface area (Å²) in [6.07, 6.45) is 0.615. The number of methoxy groups -OCH3 is 1. The van der Waals surface area contributed by atoms with E-state index in [0.717, 1.165) is 18.2 Å². The smallest absolute Gasteiger partial charge is 0.295 e. The van der Waals surface area contributed by atoms with Crippen LogP contribution in [0.2, 0.25) is 0 Å². The van der Waals surface area contributed by atoms with Crippen molar-refractivity contribution in [3.63, 3.8) is 0 Å². The third kappa shape index (κ3) is 4.07. The van der Waals surface area contributed by atoms with Crippen LogP contribution >= 0.6 is 0 Å². The molecule has 2 aromatic carbocycles. The van der Waals surface area contributed by atoms with E-state index in [1.54, 1.807) is 4.90 Å². The lowest BCUT2D eigenvalue weighted by molar-refractivity contribution is -0.384. The first-order chi connectivity index (χ1) is 12.9. The number of nitro benzene ring substituents is 1. The first-order valence-electron chi connectivity index (χ1n) is 8.27. The highest BCUT2D eigenvalue weighted by Gasteiger charge is 2.28. The van der Waals surface area contributed by atoms with E-state index in [1.807, 2.05) is 0 Å². The number of rotatable bonds is 5. The topological polar surface area (TPSA) is 64.8 Å². The number of hydrogen-bond acceptors (Lipinski definition) is 5. The van der Waals surface area contributed by atoms with Crippen LogP contribution in [-0.2, 0) is 0 Å². The average molecular weight is 382 g/mol. The number of nitrogens with zero attached hydrogens (tertiary/aromatic N) is 2. The molecule has 1 saturated heterocycles. The molecule has 27 heavy (non-hydrogen) atoms. The maximum Gasteiger partial charge on any atom is 0.295 e. The number of nitro groups is 1. The van der Waals surface area contributed by atoms with Gasteiger partial charge in [-0.15, -0.1) is 0 Å². The first kappa shape index (κ1) is 18.8. The molecule has 0 aromatic heterocycles. The van der Waals surface area contributed by atoms with Crippen LogP contribution in [0.15, 0.2) is 30.3 Å². The molecule has 6 nitrogen and oxygen atoms in total. The molecule has 0 unspecified atom stereocenters. The van der Waals surface area contributed by atoms with E-state index < -0.39 is 22.4 Å². The molecule has 1 fully saturated rings. The van der Waals surface area contributed by atoms with Crippen molar-refractivity contribution < 1.29 is 27.6 Å². The number of benzene rings is 2.